The zero-order valence-corrected chi connectivity index (χ0v) is 11.5. The van der Waals surface area contributed by atoms with Crippen LogP contribution in [0.3, 0.4) is 0 Å². The van der Waals surface area contributed by atoms with Crippen molar-refractivity contribution in [2.24, 2.45) is 0 Å². The summed E-state index contributed by atoms with van der Waals surface area (Å²) >= 11 is 0. The molecular formula is C17H20N2O. The summed E-state index contributed by atoms with van der Waals surface area (Å²) in [6.45, 7) is 0. The van der Waals surface area contributed by atoms with Crippen molar-refractivity contribution in [3.05, 3.63) is 42.1 Å². The number of para-hydroxylation sites is 1. The van der Waals surface area contributed by atoms with Crippen LogP contribution in [-0.2, 0) is 6.42 Å². The normalized spacial score (nSPS) is 32.6. The fourth-order valence-corrected chi connectivity index (χ4v) is 3.91. The van der Waals surface area contributed by atoms with Crippen molar-refractivity contribution in [2.45, 2.75) is 49.8 Å². The number of hydrogen-bond donors (Lipinski definition) is 2. The summed E-state index contributed by atoms with van der Waals surface area (Å²) in [6.07, 6.45) is 4.80. The Labute approximate surface area is 119 Å². The number of nitrogens with one attached hydrogen (secondary N) is 1. The van der Waals surface area contributed by atoms with Crippen molar-refractivity contribution >= 4 is 10.9 Å². The Hall–Kier alpha value is -1.45. The third-order valence-electron chi connectivity index (χ3n) is 4.75. The highest BCUT2D eigenvalue weighted by molar-refractivity contribution is 5.78. The molecule has 4 rings (SSSR count). The Bertz CT molecular complexity index is 628. The van der Waals surface area contributed by atoms with E-state index in [1.54, 1.807) is 0 Å². The van der Waals surface area contributed by atoms with Crippen LogP contribution in [0, 0.1) is 0 Å². The topological polar surface area (TPSA) is 45.2 Å². The number of hydrogen-bond acceptors (Lipinski definition) is 3. The van der Waals surface area contributed by atoms with Crippen LogP contribution in [0.1, 0.15) is 31.4 Å². The van der Waals surface area contributed by atoms with Gasteiger partial charge in [0.2, 0.25) is 0 Å². The van der Waals surface area contributed by atoms with E-state index in [1.807, 2.05) is 18.2 Å². The van der Waals surface area contributed by atoms with E-state index in [4.69, 9.17) is 4.98 Å². The van der Waals surface area contributed by atoms with Crippen LogP contribution in [0.5, 0.6) is 0 Å². The first-order valence-electron chi connectivity index (χ1n) is 7.53. The molecule has 0 amide bonds. The molecule has 2 saturated heterocycles. The molecule has 0 saturated carbocycles. The van der Waals surface area contributed by atoms with Gasteiger partial charge >= 0.3 is 0 Å². The minimum absolute atomic E-state index is 0.499. The van der Waals surface area contributed by atoms with Crippen LogP contribution in [0.4, 0.5) is 0 Å². The Morgan fingerprint density at radius 1 is 1.10 bits per heavy atom. The van der Waals surface area contributed by atoms with Crippen molar-refractivity contribution in [1.82, 2.24) is 10.3 Å². The number of rotatable bonds is 2. The number of aromatic nitrogens is 1. The van der Waals surface area contributed by atoms with Gasteiger partial charge in [0.25, 0.3) is 0 Å². The molecule has 2 aliphatic rings. The van der Waals surface area contributed by atoms with Gasteiger partial charge in [-0.2, -0.15) is 0 Å². The number of aliphatic hydroxyl groups is 1. The quantitative estimate of drug-likeness (QED) is 0.879. The molecule has 3 nitrogen and oxygen atoms in total. The maximum absolute atomic E-state index is 10.9. The van der Waals surface area contributed by atoms with Gasteiger partial charge in [-0.25, -0.2) is 0 Å². The van der Waals surface area contributed by atoms with E-state index in [0.29, 0.717) is 18.5 Å². The predicted molar refractivity (Wildman–Crippen MR) is 79.6 cm³/mol. The summed E-state index contributed by atoms with van der Waals surface area (Å²) in [5, 5.41) is 15.6. The second-order valence-electron chi connectivity index (χ2n) is 6.44. The zero-order chi connectivity index (χ0) is 13.6. The SMILES string of the molecule is OC1(Cc2ccc3ccccc3n2)CC2CCC(C1)N2. The Kier molecular flexibility index (Phi) is 2.79. The molecule has 0 aliphatic carbocycles. The van der Waals surface area contributed by atoms with Crippen LogP contribution >= 0.6 is 0 Å². The number of benzene rings is 1. The molecule has 2 aliphatic heterocycles. The number of pyridine rings is 1. The van der Waals surface area contributed by atoms with E-state index in [0.717, 1.165) is 29.4 Å². The van der Waals surface area contributed by atoms with Gasteiger partial charge in [0.1, 0.15) is 0 Å². The van der Waals surface area contributed by atoms with Crippen molar-refractivity contribution in [3.8, 4) is 0 Å². The van der Waals surface area contributed by atoms with Crippen LogP contribution in [0.15, 0.2) is 36.4 Å². The molecule has 2 unspecified atom stereocenters. The predicted octanol–water partition coefficient (Wildman–Crippen LogP) is 2.42. The second kappa shape index (κ2) is 4.54. The molecule has 1 aromatic carbocycles. The largest absolute Gasteiger partial charge is 0.389 e. The molecule has 2 atom stereocenters. The summed E-state index contributed by atoms with van der Waals surface area (Å²) < 4.78 is 0. The maximum Gasteiger partial charge on any atom is 0.0732 e. The molecular weight excluding hydrogens is 248 g/mol. The lowest BCUT2D eigenvalue weighted by atomic mass is 9.83. The third-order valence-corrected chi connectivity index (χ3v) is 4.75. The van der Waals surface area contributed by atoms with Gasteiger partial charge in [0.05, 0.1) is 11.1 Å². The summed E-state index contributed by atoms with van der Waals surface area (Å²) in [7, 11) is 0. The van der Waals surface area contributed by atoms with Gasteiger partial charge in [-0.15, -0.1) is 0 Å². The second-order valence-corrected chi connectivity index (χ2v) is 6.44. The molecule has 1 aromatic heterocycles. The average molecular weight is 268 g/mol. The molecule has 2 fully saturated rings. The van der Waals surface area contributed by atoms with Gasteiger partial charge in [0, 0.05) is 29.6 Å². The molecule has 20 heavy (non-hydrogen) atoms. The van der Waals surface area contributed by atoms with Crippen LogP contribution in [0.25, 0.3) is 10.9 Å². The lowest BCUT2D eigenvalue weighted by molar-refractivity contribution is -0.00679. The summed E-state index contributed by atoms with van der Waals surface area (Å²) in [5.74, 6) is 0. The molecule has 3 heteroatoms. The molecule has 2 aromatic rings. The Morgan fingerprint density at radius 2 is 1.85 bits per heavy atom. The molecule has 2 N–H and O–H groups in total. The van der Waals surface area contributed by atoms with Crippen molar-refractivity contribution in [1.29, 1.82) is 0 Å². The lowest BCUT2D eigenvalue weighted by Gasteiger charge is -2.37. The summed E-state index contributed by atoms with van der Waals surface area (Å²) in [6, 6.07) is 13.3. The number of fused-ring (bicyclic) bond motifs is 3. The standard InChI is InChI=1S/C17H20N2O/c20-17(9-13-7-8-14(10-17)18-13)11-15-6-5-12-3-1-2-4-16(12)19-15/h1-6,13-14,18,20H,7-11H2. The van der Waals surface area contributed by atoms with Gasteiger partial charge < -0.3 is 10.4 Å². The maximum atomic E-state index is 10.9. The summed E-state index contributed by atoms with van der Waals surface area (Å²) in [5.41, 5.74) is 1.45. The summed E-state index contributed by atoms with van der Waals surface area (Å²) in [4.78, 5) is 4.70. The minimum Gasteiger partial charge on any atom is -0.389 e. The Balaban J connectivity index is 1.60. The van der Waals surface area contributed by atoms with Crippen LogP contribution in [0.2, 0.25) is 0 Å². The van der Waals surface area contributed by atoms with E-state index in [2.05, 4.69) is 23.5 Å². The highest BCUT2D eigenvalue weighted by atomic mass is 16.3. The minimum atomic E-state index is -0.577. The fraction of sp³-hybridized carbons (Fsp3) is 0.471. The molecule has 3 heterocycles. The number of nitrogens with zero attached hydrogens (tertiary/aromatic N) is 1. The molecule has 2 bridgehead atoms. The van der Waals surface area contributed by atoms with E-state index in [-0.39, 0.29) is 0 Å². The van der Waals surface area contributed by atoms with Gasteiger partial charge in [-0.3, -0.25) is 4.98 Å². The smallest absolute Gasteiger partial charge is 0.0732 e. The van der Waals surface area contributed by atoms with Crippen molar-refractivity contribution in [2.75, 3.05) is 0 Å². The highest BCUT2D eigenvalue weighted by Crippen LogP contribution is 2.35. The third kappa shape index (κ3) is 2.21. The van der Waals surface area contributed by atoms with Crippen LogP contribution in [-0.4, -0.2) is 27.8 Å². The Morgan fingerprint density at radius 3 is 2.65 bits per heavy atom. The molecule has 0 spiro atoms. The van der Waals surface area contributed by atoms with Gasteiger partial charge in [-0.05, 0) is 37.8 Å². The van der Waals surface area contributed by atoms with Crippen molar-refractivity contribution in [3.63, 3.8) is 0 Å². The molecule has 104 valence electrons. The number of piperidine rings is 1. The van der Waals surface area contributed by atoms with E-state index >= 15 is 0 Å². The first-order chi connectivity index (χ1) is 9.70. The van der Waals surface area contributed by atoms with Gasteiger partial charge in [0.15, 0.2) is 0 Å². The van der Waals surface area contributed by atoms with E-state index in [9.17, 15) is 5.11 Å². The van der Waals surface area contributed by atoms with Crippen molar-refractivity contribution < 1.29 is 5.11 Å². The first kappa shape index (κ1) is 12.3. The zero-order valence-electron chi connectivity index (χ0n) is 11.5. The van der Waals surface area contributed by atoms with Gasteiger partial charge in [-0.1, -0.05) is 24.3 Å². The van der Waals surface area contributed by atoms with E-state index < -0.39 is 5.60 Å². The lowest BCUT2D eigenvalue weighted by Crippen LogP contribution is -2.49. The first-order valence-corrected chi connectivity index (χ1v) is 7.53. The highest BCUT2D eigenvalue weighted by Gasteiger charge is 2.42. The fourth-order valence-electron chi connectivity index (χ4n) is 3.91. The van der Waals surface area contributed by atoms with E-state index in [1.165, 1.54) is 12.8 Å². The monoisotopic (exact) mass is 268 g/mol. The molecule has 0 radical (unpaired) electrons. The average Bonchev–Trinajstić information content (AvgIpc) is 2.78. The van der Waals surface area contributed by atoms with Crippen LogP contribution < -0.4 is 5.32 Å².